The molecule has 0 aliphatic heterocycles. The Morgan fingerprint density at radius 3 is 1.16 bits per heavy atom. The van der Waals surface area contributed by atoms with E-state index in [9.17, 15) is 62.4 Å². The average molecular weight is 1750 g/mol. The molecule has 5 rings (SSSR count). The molecule has 0 saturated carbocycles. The molecule has 34 heteroatoms. The van der Waals surface area contributed by atoms with Crippen molar-refractivity contribution in [3.05, 3.63) is 192 Å². The zero-order chi connectivity index (χ0) is 54.3. The Labute approximate surface area is 480 Å². The van der Waals surface area contributed by atoms with Gasteiger partial charge in [-0.2, -0.15) is 21.3 Å². The van der Waals surface area contributed by atoms with Crippen molar-refractivity contribution in [3.63, 3.8) is 0 Å². The van der Waals surface area contributed by atoms with Crippen LogP contribution in [0.3, 0.4) is 0 Å². The molecule has 1 N–H and O–H groups in total. The molecule has 390 valence electrons. The van der Waals surface area contributed by atoms with Gasteiger partial charge in [0, 0.05) is 71.3 Å². The third-order valence-corrected chi connectivity index (χ3v) is 10.3. The Balaban J connectivity index is -0.000000402. The van der Waals surface area contributed by atoms with Gasteiger partial charge in [0.05, 0.1) is 31.6 Å². The van der Waals surface area contributed by atoms with Crippen LogP contribution in [0.15, 0.2) is 88.7 Å². The van der Waals surface area contributed by atoms with E-state index in [0.29, 0.717) is 39.7 Å². The van der Waals surface area contributed by atoms with Gasteiger partial charge < -0.3 is 9.76 Å². The summed E-state index contributed by atoms with van der Waals surface area (Å²) in [7, 11) is 2.16. The molecule has 1 unspecified atom stereocenters. The molecular weight excluding hydrogens is 1710 g/mol. The number of halogens is 12. The number of rotatable bonds is 8. The van der Waals surface area contributed by atoms with Crippen LogP contribution in [0.25, 0.3) is 0 Å². The first-order valence-electron chi connectivity index (χ1n) is 17.0. The Bertz CT molecular complexity index is 2450. The van der Waals surface area contributed by atoms with E-state index in [4.69, 9.17) is 24.1 Å². The van der Waals surface area contributed by atoms with Crippen LogP contribution in [0.5, 0.6) is 0 Å². The smallest absolute Gasteiger partial charge is 0.291 e. The van der Waals surface area contributed by atoms with Gasteiger partial charge in [0.25, 0.3) is 5.09 Å². The average Bonchev–Trinajstić information content (AvgIpc) is 3.23. The predicted octanol–water partition coefficient (Wildman–Crippen LogP) is 12.5. The van der Waals surface area contributed by atoms with E-state index in [2.05, 4.69) is 90.1 Å². The largest absolute Gasteiger partial charge is 0.749 e. The molecule has 0 radical (unpaired) electrons. The van der Waals surface area contributed by atoms with Crippen LogP contribution in [-0.4, -0.2) is 38.7 Å². The van der Waals surface area contributed by atoms with E-state index in [-0.39, 0.29) is 29.8 Å². The van der Waals surface area contributed by atoms with E-state index in [1.807, 2.05) is 13.0 Å². The molecule has 0 amide bonds. The fraction of sp³-hybridized carbons (Fsp3) is 0.167. The van der Waals surface area contributed by atoms with Crippen molar-refractivity contribution in [1.29, 1.82) is 0 Å². The van der Waals surface area contributed by atoms with Crippen LogP contribution in [0.4, 0.5) is 44.7 Å². The summed E-state index contributed by atoms with van der Waals surface area (Å²) in [5.41, 5.74) is 1.83. The summed E-state index contributed by atoms with van der Waals surface area (Å²) >= 11 is 11.2. The summed E-state index contributed by atoms with van der Waals surface area (Å²) in [4.78, 5) is 48.1. The van der Waals surface area contributed by atoms with Crippen molar-refractivity contribution < 1.29 is 77.7 Å². The molecule has 0 bridgehead atoms. The van der Waals surface area contributed by atoms with E-state index >= 15 is 0 Å². The first-order valence-corrected chi connectivity index (χ1v) is 39.4. The van der Waals surface area contributed by atoms with Gasteiger partial charge in [-0.3, -0.25) is 40.5 Å². The first-order chi connectivity index (χ1) is 32.0. The zero-order valence-corrected chi connectivity index (χ0v) is 52.1. The number of benzene rings is 5. The van der Waals surface area contributed by atoms with E-state index in [1.165, 1.54) is 30.3 Å². The fourth-order valence-corrected chi connectivity index (χ4v) is 6.60. The van der Waals surface area contributed by atoms with Gasteiger partial charge in [-0.05, 0) is 111 Å². The SMILES string of the molecule is Cc1cc(F)c([N+](=O)[O-])cc1C.Cc1cc(F)c([N+](=O)[O-])cc1SSc1cc([N+](=O)[O-])c(F)cc1C.Cc1ccc([N+](=O)[O-])c(F)c1.Cc1cccc(F)c1.I.II.I[I-]I.O=S([O-])OCl.O=[N+]([O-])O. The summed E-state index contributed by atoms with van der Waals surface area (Å²) in [6.07, 6.45) is 0. The molecule has 19 nitrogen and oxygen atoms in total. The molecule has 0 aliphatic carbocycles. The number of nitrogens with zero attached hydrogens (tertiary/aromatic N) is 5. The zero-order valence-electron chi connectivity index (χ0n) is 35.8. The summed E-state index contributed by atoms with van der Waals surface area (Å²) in [6, 6.07) is 17.0. The van der Waals surface area contributed by atoms with Crippen molar-refractivity contribution in [2.24, 2.45) is 0 Å². The molecule has 0 spiro atoms. The van der Waals surface area contributed by atoms with Gasteiger partial charge in [-0.1, -0.05) is 39.8 Å². The number of hydrogen-bond donors (Lipinski definition) is 1. The van der Waals surface area contributed by atoms with Gasteiger partial charge in [0.15, 0.2) is 0 Å². The number of nitro benzene ring substituents is 4. The Kier molecular flexibility index (Phi) is 44.0. The van der Waals surface area contributed by atoms with Crippen molar-refractivity contribution in [1.82, 2.24) is 0 Å². The van der Waals surface area contributed by atoms with Gasteiger partial charge in [0.1, 0.15) is 17.2 Å². The predicted molar refractivity (Wildman–Crippen MR) is 295 cm³/mol. The Hall–Kier alpha value is -2.01. The first kappa shape index (κ1) is 74.5. The van der Waals surface area contributed by atoms with Crippen LogP contribution in [0, 0.1) is 121 Å². The standard InChI is InChI=1S/C14H10F2N2O4S2.C8H8FNO2.C7H6FNO2.C7H7F.ClHO3S.I3.I2.HI.HNO3/c1-7-3-9(15)11(17(19)20)5-13(7)23-24-14-6-12(18(21)22)10(16)4-8(14)2;1-5-3-7(9)8(10(11)12)4-6(5)2;1-5-2-3-7(9(10)11)6(8)4-5;1-6-3-2-4-7(8)5-6;1-4-5(2)3;1-3-2;1-2;;2-1(3)4/h3-6H,1-2H3;3-4H,1-2H3;2-4H,1H3;2-5H,1H3;(H,2,3);;;1H;(H,2,3,4)/q;;;;;-1;;;/p-1. The van der Waals surface area contributed by atoms with Gasteiger partial charge in [0.2, 0.25) is 23.3 Å². The minimum Gasteiger partial charge on any atom is -0.749 e. The summed E-state index contributed by atoms with van der Waals surface area (Å²) < 4.78 is 85.9. The quantitative estimate of drug-likeness (QED) is 0.0377. The molecule has 0 saturated heterocycles. The minimum absolute atomic E-state index is 0. The minimum atomic E-state index is -2.56. The maximum atomic E-state index is 13.5. The Morgan fingerprint density at radius 2 is 0.871 bits per heavy atom. The monoisotopic (exact) mass is 1750 g/mol. The van der Waals surface area contributed by atoms with Crippen molar-refractivity contribution >= 4 is 166 Å². The molecule has 5 aromatic rings. The van der Waals surface area contributed by atoms with Crippen LogP contribution in [-0.2, 0) is 15.1 Å². The molecule has 5 aromatic carbocycles. The van der Waals surface area contributed by atoms with Gasteiger partial charge in [-0.25, -0.2) is 8.60 Å². The van der Waals surface area contributed by atoms with E-state index < -0.39 is 82.2 Å². The summed E-state index contributed by atoms with van der Waals surface area (Å²) in [5.74, 6) is -3.58. The summed E-state index contributed by atoms with van der Waals surface area (Å²) in [5, 5.41) is 55.6. The van der Waals surface area contributed by atoms with Crippen molar-refractivity contribution in [3.8, 4) is 0 Å². The number of nitro groups is 4. The molecule has 0 heterocycles. The maximum Gasteiger partial charge on any atom is 0.291 e. The van der Waals surface area contributed by atoms with Crippen LogP contribution in [0.2, 0.25) is 0 Å². The molecular formula is C36H33ClF5I6N5O14S3-2. The van der Waals surface area contributed by atoms with E-state index in [0.717, 1.165) is 74.7 Å². The van der Waals surface area contributed by atoms with E-state index in [1.54, 1.807) is 40.7 Å². The molecule has 1 atom stereocenters. The van der Waals surface area contributed by atoms with Crippen LogP contribution >= 0.6 is 132 Å². The fourth-order valence-electron chi connectivity index (χ4n) is 4.10. The van der Waals surface area contributed by atoms with Crippen LogP contribution in [0.1, 0.15) is 33.4 Å². The second-order valence-electron chi connectivity index (χ2n) is 12.0. The van der Waals surface area contributed by atoms with Crippen molar-refractivity contribution in [2.45, 2.75) is 51.3 Å². The maximum absolute atomic E-state index is 13.5. The third-order valence-electron chi connectivity index (χ3n) is 7.19. The topological polar surface area (TPSA) is 285 Å². The number of aryl methyl sites for hydroxylation is 6. The van der Waals surface area contributed by atoms with Crippen molar-refractivity contribution in [2.75, 3.05) is 0 Å². The Morgan fingerprint density at radius 1 is 0.571 bits per heavy atom. The number of hydrogen-bond acceptors (Lipinski definition) is 15. The normalized spacial score (nSPS) is 9.73. The second kappa shape index (κ2) is 41.4. The second-order valence-corrected chi connectivity index (χ2v) is 31.4. The van der Waals surface area contributed by atoms with Gasteiger partial charge in [-0.15, -0.1) is 34.1 Å². The molecule has 0 aromatic heterocycles. The van der Waals surface area contributed by atoms with Crippen LogP contribution < -0.4 is 13.3 Å². The molecule has 0 aliphatic rings. The van der Waals surface area contributed by atoms with Gasteiger partial charge >= 0.3 is 73.2 Å². The molecule has 70 heavy (non-hydrogen) atoms. The third kappa shape index (κ3) is 32.9. The molecule has 0 fully saturated rings. The summed E-state index contributed by atoms with van der Waals surface area (Å²) in [6.45, 7) is 10.1.